The van der Waals surface area contributed by atoms with Crippen LogP contribution in [0.3, 0.4) is 0 Å². The van der Waals surface area contributed by atoms with Gasteiger partial charge in [-0.25, -0.2) is 0 Å². The van der Waals surface area contributed by atoms with Gasteiger partial charge in [0, 0.05) is 29.3 Å². The van der Waals surface area contributed by atoms with Gasteiger partial charge in [-0.3, -0.25) is 0 Å². The maximum Gasteiger partial charge on any atom is 0.0399 e. The second kappa shape index (κ2) is 7.15. The SMILES string of the molecule is CCC(N)Cc1cc(Br)ccc1N(C)C(C)CC. The van der Waals surface area contributed by atoms with Gasteiger partial charge in [-0.15, -0.1) is 0 Å². The number of hydrogen-bond acceptors (Lipinski definition) is 2. The van der Waals surface area contributed by atoms with Gasteiger partial charge in [0.05, 0.1) is 0 Å². The number of nitrogens with two attached hydrogens (primary N) is 1. The maximum atomic E-state index is 6.10. The molecule has 2 N–H and O–H groups in total. The zero-order chi connectivity index (χ0) is 13.7. The van der Waals surface area contributed by atoms with Crippen molar-refractivity contribution in [3.8, 4) is 0 Å². The molecule has 102 valence electrons. The zero-order valence-corrected chi connectivity index (χ0v) is 13.5. The van der Waals surface area contributed by atoms with Gasteiger partial charge >= 0.3 is 0 Å². The molecule has 0 radical (unpaired) electrons. The fraction of sp³-hybridized carbons (Fsp3) is 0.600. The van der Waals surface area contributed by atoms with Crippen LogP contribution in [0.4, 0.5) is 5.69 Å². The highest BCUT2D eigenvalue weighted by Gasteiger charge is 2.14. The quantitative estimate of drug-likeness (QED) is 0.861. The van der Waals surface area contributed by atoms with Crippen LogP contribution in [-0.4, -0.2) is 19.1 Å². The van der Waals surface area contributed by atoms with E-state index < -0.39 is 0 Å². The molecule has 0 fully saturated rings. The lowest BCUT2D eigenvalue weighted by atomic mass is 10.0. The number of halogens is 1. The van der Waals surface area contributed by atoms with Crippen LogP contribution in [0.15, 0.2) is 22.7 Å². The van der Waals surface area contributed by atoms with E-state index in [0.717, 1.165) is 23.7 Å². The molecule has 1 rings (SSSR count). The first kappa shape index (κ1) is 15.5. The van der Waals surface area contributed by atoms with Gasteiger partial charge in [-0.05, 0) is 49.9 Å². The molecule has 1 aromatic rings. The van der Waals surface area contributed by atoms with Crippen LogP contribution >= 0.6 is 15.9 Å². The molecule has 0 saturated carbocycles. The van der Waals surface area contributed by atoms with E-state index in [-0.39, 0.29) is 6.04 Å². The summed E-state index contributed by atoms with van der Waals surface area (Å²) < 4.78 is 1.13. The van der Waals surface area contributed by atoms with Crippen LogP contribution in [-0.2, 0) is 6.42 Å². The molecule has 0 aliphatic carbocycles. The molecule has 2 unspecified atom stereocenters. The van der Waals surface area contributed by atoms with E-state index in [1.165, 1.54) is 11.3 Å². The number of anilines is 1. The van der Waals surface area contributed by atoms with Gasteiger partial charge in [0.25, 0.3) is 0 Å². The number of nitrogens with zero attached hydrogens (tertiary/aromatic N) is 1. The van der Waals surface area contributed by atoms with Crippen molar-refractivity contribution in [3.05, 3.63) is 28.2 Å². The van der Waals surface area contributed by atoms with E-state index >= 15 is 0 Å². The summed E-state index contributed by atoms with van der Waals surface area (Å²) in [4.78, 5) is 2.35. The van der Waals surface area contributed by atoms with Gasteiger partial charge in [0.2, 0.25) is 0 Å². The smallest absolute Gasteiger partial charge is 0.0399 e. The van der Waals surface area contributed by atoms with Crippen molar-refractivity contribution in [2.75, 3.05) is 11.9 Å². The van der Waals surface area contributed by atoms with E-state index in [0.29, 0.717) is 6.04 Å². The Labute approximate surface area is 120 Å². The molecule has 2 nitrogen and oxygen atoms in total. The monoisotopic (exact) mass is 312 g/mol. The Morgan fingerprint density at radius 1 is 1.28 bits per heavy atom. The third kappa shape index (κ3) is 3.99. The minimum Gasteiger partial charge on any atom is -0.372 e. The topological polar surface area (TPSA) is 29.3 Å². The van der Waals surface area contributed by atoms with E-state index in [1.807, 2.05) is 0 Å². The van der Waals surface area contributed by atoms with E-state index in [2.05, 4.69) is 66.8 Å². The number of benzene rings is 1. The molecule has 3 heteroatoms. The lowest BCUT2D eigenvalue weighted by Gasteiger charge is -2.29. The molecule has 0 amide bonds. The van der Waals surface area contributed by atoms with Crippen LogP contribution in [0, 0.1) is 0 Å². The Morgan fingerprint density at radius 2 is 1.94 bits per heavy atom. The normalized spacial score (nSPS) is 14.3. The van der Waals surface area contributed by atoms with Gasteiger partial charge < -0.3 is 10.6 Å². The third-order valence-electron chi connectivity index (χ3n) is 3.68. The van der Waals surface area contributed by atoms with Crippen LogP contribution in [0.2, 0.25) is 0 Å². The zero-order valence-electron chi connectivity index (χ0n) is 11.9. The molecule has 2 atom stereocenters. The highest BCUT2D eigenvalue weighted by atomic mass is 79.9. The highest BCUT2D eigenvalue weighted by molar-refractivity contribution is 9.10. The summed E-state index contributed by atoms with van der Waals surface area (Å²) in [6.45, 7) is 6.61. The van der Waals surface area contributed by atoms with Gasteiger partial charge in [0.15, 0.2) is 0 Å². The molecule has 0 spiro atoms. The van der Waals surface area contributed by atoms with E-state index in [4.69, 9.17) is 5.73 Å². The Morgan fingerprint density at radius 3 is 2.50 bits per heavy atom. The fourth-order valence-corrected chi connectivity index (χ4v) is 2.41. The predicted molar refractivity (Wildman–Crippen MR) is 84.3 cm³/mol. The van der Waals surface area contributed by atoms with Gasteiger partial charge in [-0.2, -0.15) is 0 Å². The number of rotatable bonds is 6. The largest absolute Gasteiger partial charge is 0.372 e. The Bertz CT molecular complexity index is 379. The Balaban J connectivity index is 3.02. The minimum absolute atomic E-state index is 0.239. The first-order chi connectivity index (χ1) is 8.49. The molecule has 0 saturated heterocycles. The predicted octanol–water partition coefficient (Wildman–Crippen LogP) is 3.96. The molecule has 0 aliphatic rings. The minimum atomic E-state index is 0.239. The summed E-state index contributed by atoms with van der Waals surface area (Å²) in [5.74, 6) is 0. The molecular weight excluding hydrogens is 288 g/mol. The first-order valence-corrected chi connectivity index (χ1v) is 7.55. The Kier molecular flexibility index (Phi) is 6.16. The van der Waals surface area contributed by atoms with Crippen molar-refractivity contribution >= 4 is 21.6 Å². The lowest BCUT2D eigenvalue weighted by molar-refractivity contribution is 0.633. The van der Waals surface area contributed by atoms with Crippen LogP contribution < -0.4 is 10.6 Å². The van der Waals surface area contributed by atoms with E-state index in [9.17, 15) is 0 Å². The van der Waals surface area contributed by atoms with Crippen molar-refractivity contribution < 1.29 is 0 Å². The summed E-state index contributed by atoms with van der Waals surface area (Å²) in [6, 6.07) is 7.28. The average molecular weight is 313 g/mol. The lowest BCUT2D eigenvalue weighted by Crippen LogP contribution is -2.30. The van der Waals surface area contributed by atoms with Crippen LogP contribution in [0.1, 0.15) is 39.2 Å². The summed E-state index contributed by atoms with van der Waals surface area (Å²) in [5, 5.41) is 0. The van der Waals surface area contributed by atoms with Crippen LogP contribution in [0.5, 0.6) is 0 Å². The molecule has 1 aromatic carbocycles. The third-order valence-corrected chi connectivity index (χ3v) is 4.17. The molecule has 0 bridgehead atoms. The summed E-state index contributed by atoms with van der Waals surface area (Å²) in [6.07, 6.45) is 3.09. The number of hydrogen-bond donors (Lipinski definition) is 1. The van der Waals surface area contributed by atoms with Crippen LogP contribution in [0.25, 0.3) is 0 Å². The van der Waals surface area contributed by atoms with Gasteiger partial charge in [0.1, 0.15) is 0 Å². The molecule has 0 aromatic heterocycles. The summed E-state index contributed by atoms with van der Waals surface area (Å²) in [5.41, 5.74) is 8.74. The molecule has 0 aliphatic heterocycles. The molecule has 18 heavy (non-hydrogen) atoms. The van der Waals surface area contributed by atoms with Gasteiger partial charge in [-0.1, -0.05) is 29.8 Å². The molecular formula is C15H25BrN2. The van der Waals surface area contributed by atoms with Crippen molar-refractivity contribution in [2.24, 2.45) is 5.73 Å². The summed E-state index contributed by atoms with van der Waals surface area (Å²) in [7, 11) is 2.17. The van der Waals surface area contributed by atoms with Crippen molar-refractivity contribution in [1.29, 1.82) is 0 Å². The summed E-state index contributed by atoms with van der Waals surface area (Å²) >= 11 is 3.55. The average Bonchev–Trinajstić information content (AvgIpc) is 2.37. The highest BCUT2D eigenvalue weighted by Crippen LogP contribution is 2.27. The second-order valence-corrected chi connectivity index (χ2v) is 5.93. The second-order valence-electron chi connectivity index (χ2n) is 5.01. The van der Waals surface area contributed by atoms with Crippen molar-refractivity contribution in [3.63, 3.8) is 0 Å². The first-order valence-electron chi connectivity index (χ1n) is 6.76. The van der Waals surface area contributed by atoms with Crippen molar-refractivity contribution in [1.82, 2.24) is 0 Å². The Hall–Kier alpha value is -0.540. The van der Waals surface area contributed by atoms with E-state index in [1.54, 1.807) is 0 Å². The van der Waals surface area contributed by atoms with Crippen molar-refractivity contribution in [2.45, 2.75) is 52.1 Å². The fourth-order valence-electron chi connectivity index (χ4n) is 2.00. The standard InChI is InChI=1S/C15H25BrN2/c1-5-11(3)18(4)15-8-7-13(16)9-12(15)10-14(17)6-2/h7-9,11,14H,5-6,10,17H2,1-4H3. The molecule has 0 heterocycles. The maximum absolute atomic E-state index is 6.10.